The molecule has 2 heteroatoms. The molecule has 0 heterocycles. The van der Waals surface area contributed by atoms with Crippen LogP contribution in [-0.2, 0) is 4.79 Å². The Balaban J connectivity index is 2.42. The second kappa shape index (κ2) is 4.01. The zero-order chi connectivity index (χ0) is 10.8. The fraction of sp³-hybridized carbons (Fsp3) is 0.917. The quantitative estimate of drug-likeness (QED) is 0.757. The first kappa shape index (κ1) is 11.7. The highest BCUT2D eigenvalue weighted by Gasteiger charge is 2.38. The maximum Gasteiger partial charge on any atom is 0.164 e. The topological polar surface area (TPSA) is 37.3 Å². The van der Waals surface area contributed by atoms with Crippen LogP contribution in [0.1, 0.15) is 59.3 Å². The molecule has 0 atom stereocenters. The molecule has 0 aromatic heterocycles. The van der Waals surface area contributed by atoms with Crippen LogP contribution in [0, 0.1) is 5.41 Å². The molecule has 1 fully saturated rings. The van der Waals surface area contributed by atoms with Gasteiger partial charge in [0.15, 0.2) is 5.78 Å². The van der Waals surface area contributed by atoms with Gasteiger partial charge in [0.05, 0.1) is 0 Å². The fourth-order valence-electron chi connectivity index (χ4n) is 1.96. The number of carbonyl (C=O) groups excluding carboxylic acids is 1. The van der Waals surface area contributed by atoms with E-state index in [0.717, 1.165) is 19.3 Å². The maximum atomic E-state index is 11.8. The van der Waals surface area contributed by atoms with Gasteiger partial charge >= 0.3 is 0 Å². The van der Waals surface area contributed by atoms with Crippen molar-refractivity contribution in [1.29, 1.82) is 0 Å². The van der Waals surface area contributed by atoms with Crippen LogP contribution >= 0.6 is 0 Å². The summed E-state index contributed by atoms with van der Waals surface area (Å²) in [4.78, 5) is 11.8. The molecule has 2 nitrogen and oxygen atoms in total. The number of ketones is 1. The Labute approximate surface area is 86.7 Å². The lowest BCUT2D eigenvalue weighted by molar-refractivity contribution is -0.137. The van der Waals surface area contributed by atoms with Crippen molar-refractivity contribution >= 4 is 5.78 Å². The van der Waals surface area contributed by atoms with Gasteiger partial charge in [0.2, 0.25) is 0 Å². The van der Waals surface area contributed by atoms with E-state index in [1.165, 1.54) is 0 Å². The van der Waals surface area contributed by atoms with Crippen LogP contribution in [-0.4, -0.2) is 16.5 Å². The summed E-state index contributed by atoms with van der Waals surface area (Å²) in [5, 5.41) is 10.0. The minimum Gasteiger partial charge on any atom is -0.382 e. The van der Waals surface area contributed by atoms with E-state index in [9.17, 15) is 9.90 Å². The average Bonchev–Trinajstić information content (AvgIpc) is 2.48. The normalized spacial score (nSPS) is 21.1. The molecule has 1 aliphatic rings. The molecule has 0 spiro atoms. The zero-order valence-corrected chi connectivity index (χ0v) is 9.60. The van der Waals surface area contributed by atoms with Crippen LogP contribution in [0.5, 0.6) is 0 Å². The van der Waals surface area contributed by atoms with Crippen LogP contribution in [0.3, 0.4) is 0 Å². The lowest BCUT2D eigenvalue weighted by Gasteiger charge is -2.23. The van der Waals surface area contributed by atoms with Crippen molar-refractivity contribution in [3.05, 3.63) is 0 Å². The molecule has 82 valence electrons. The number of carbonyl (C=O) groups is 1. The second-order valence-electron chi connectivity index (χ2n) is 5.72. The standard InChI is InChI=1S/C12H22O2/c1-11(2,3)9-6-10(13)12(14)7-4-5-8-12/h14H,4-9H2,1-3H3. The van der Waals surface area contributed by atoms with Gasteiger partial charge < -0.3 is 5.11 Å². The van der Waals surface area contributed by atoms with Gasteiger partial charge in [-0.3, -0.25) is 4.79 Å². The van der Waals surface area contributed by atoms with E-state index in [2.05, 4.69) is 20.8 Å². The Bertz CT molecular complexity index is 207. The molecule has 14 heavy (non-hydrogen) atoms. The molecule has 0 aliphatic heterocycles. The minimum atomic E-state index is -0.967. The largest absolute Gasteiger partial charge is 0.382 e. The molecule has 0 saturated heterocycles. The van der Waals surface area contributed by atoms with Gasteiger partial charge in [-0.15, -0.1) is 0 Å². The fourth-order valence-corrected chi connectivity index (χ4v) is 1.96. The van der Waals surface area contributed by atoms with Gasteiger partial charge in [-0.2, -0.15) is 0 Å². The van der Waals surface area contributed by atoms with Crippen LogP contribution in [0.2, 0.25) is 0 Å². The highest BCUT2D eigenvalue weighted by atomic mass is 16.3. The van der Waals surface area contributed by atoms with Gasteiger partial charge in [0, 0.05) is 6.42 Å². The van der Waals surface area contributed by atoms with Gasteiger partial charge in [-0.1, -0.05) is 20.8 Å². The zero-order valence-electron chi connectivity index (χ0n) is 9.60. The number of hydrogen-bond donors (Lipinski definition) is 1. The van der Waals surface area contributed by atoms with E-state index in [-0.39, 0.29) is 11.2 Å². The third-order valence-electron chi connectivity index (χ3n) is 3.05. The lowest BCUT2D eigenvalue weighted by Crippen LogP contribution is -2.35. The van der Waals surface area contributed by atoms with Crippen molar-refractivity contribution in [2.45, 2.75) is 64.9 Å². The number of Topliss-reactive ketones (excluding diaryl/α,β-unsaturated/α-hetero) is 1. The van der Waals surface area contributed by atoms with Gasteiger partial charge in [-0.05, 0) is 37.5 Å². The molecule has 1 aliphatic carbocycles. The van der Waals surface area contributed by atoms with E-state index < -0.39 is 5.60 Å². The Kier molecular flexibility index (Phi) is 3.36. The van der Waals surface area contributed by atoms with Crippen LogP contribution in [0.25, 0.3) is 0 Å². The summed E-state index contributed by atoms with van der Waals surface area (Å²) in [6, 6.07) is 0. The summed E-state index contributed by atoms with van der Waals surface area (Å²) in [6.45, 7) is 6.37. The summed E-state index contributed by atoms with van der Waals surface area (Å²) in [7, 11) is 0. The SMILES string of the molecule is CC(C)(C)CCC(=O)C1(O)CCCC1. The van der Waals surface area contributed by atoms with E-state index in [0.29, 0.717) is 19.3 Å². The lowest BCUT2D eigenvalue weighted by atomic mass is 9.85. The molecule has 1 saturated carbocycles. The molecule has 0 aromatic rings. The highest BCUT2D eigenvalue weighted by molar-refractivity contribution is 5.87. The first-order valence-electron chi connectivity index (χ1n) is 5.59. The van der Waals surface area contributed by atoms with Crippen LogP contribution in [0.4, 0.5) is 0 Å². The summed E-state index contributed by atoms with van der Waals surface area (Å²) < 4.78 is 0. The third-order valence-corrected chi connectivity index (χ3v) is 3.05. The van der Waals surface area contributed by atoms with Crippen molar-refractivity contribution < 1.29 is 9.90 Å². The summed E-state index contributed by atoms with van der Waals surface area (Å²) in [5.74, 6) is 0.0601. The molecular weight excluding hydrogens is 176 g/mol. The number of hydrogen-bond acceptors (Lipinski definition) is 2. The monoisotopic (exact) mass is 198 g/mol. The average molecular weight is 198 g/mol. The molecule has 1 rings (SSSR count). The van der Waals surface area contributed by atoms with E-state index in [1.807, 2.05) is 0 Å². The predicted octanol–water partition coefficient (Wildman–Crippen LogP) is 2.69. The summed E-state index contributed by atoms with van der Waals surface area (Å²) >= 11 is 0. The van der Waals surface area contributed by atoms with Gasteiger partial charge in [0.1, 0.15) is 5.60 Å². The molecule has 0 unspecified atom stereocenters. The number of rotatable bonds is 3. The van der Waals surface area contributed by atoms with E-state index >= 15 is 0 Å². The maximum absolute atomic E-state index is 11.8. The Morgan fingerprint density at radius 3 is 2.21 bits per heavy atom. The van der Waals surface area contributed by atoms with Crippen molar-refractivity contribution in [2.75, 3.05) is 0 Å². The molecular formula is C12H22O2. The second-order valence-corrected chi connectivity index (χ2v) is 5.72. The summed E-state index contributed by atoms with van der Waals surface area (Å²) in [6.07, 6.45) is 4.75. The van der Waals surface area contributed by atoms with Gasteiger partial charge in [0.25, 0.3) is 0 Å². The van der Waals surface area contributed by atoms with E-state index in [4.69, 9.17) is 0 Å². The first-order chi connectivity index (χ1) is 6.33. The smallest absolute Gasteiger partial charge is 0.164 e. The van der Waals surface area contributed by atoms with Crippen LogP contribution in [0.15, 0.2) is 0 Å². The molecule has 0 radical (unpaired) electrons. The molecule has 0 amide bonds. The van der Waals surface area contributed by atoms with E-state index in [1.54, 1.807) is 0 Å². The van der Waals surface area contributed by atoms with Crippen molar-refractivity contribution in [1.82, 2.24) is 0 Å². The van der Waals surface area contributed by atoms with Gasteiger partial charge in [-0.25, -0.2) is 0 Å². The van der Waals surface area contributed by atoms with Crippen molar-refractivity contribution in [3.63, 3.8) is 0 Å². The van der Waals surface area contributed by atoms with Crippen molar-refractivity contribution in [3.8, 4) is 0 Å². The number of aliphatic hydroxyl groups is 1. The first-order valence-corrected chi connectivity index (χ1v) is 5.59. The molecule has 0 aromatic carbocycles. The highest BCUT2D eigenvalue weighted by Crippen LogP contribution is 2.33. The van der Waals surface area contributed by atoms with Crippen molar-refractivity contribution in [2.24, 2.45) is 5.41 Å². The summed E-state index contributed by atoms with van der Waals surface area (Å²) in [5.41, 5.74) is -0.782. The minimum absolute atomic E-state index is 0.0601. The Hall–Kier alpha value is -0.370. The molecule has 1 N–H and O–H groups in total. The van der Waals surface area contributed by atoms with Crippen LogP contribution < -0.4 is 0 Å². The molecule has 0 bridgehead atoms. The third kappa shape index (κ3) is 3.09. The Morgan fingerprint density at radius 1 is 1.29 bits per heavy atom. The predicted molar refractivity (Wildman–Crippen MR) is 57.1 cm³/mol. The Morgan fingerprint density at radius 2 is 1.79 bits per heavy atom.